The van der Waals surface area contributed by atoms with E-state index < -0.39 is 0 Å². The Kier molecular flexibility index (Phi) is 4.50. The quantitative estimate of drug-likeness (QED) is 0.885. The molecule has 3 rings (SSSR count). The molecule has 1 aliphatic carbocycles. The first-order valence-corrected chi connectivity index (χ1v) is 7.48. The number of aromatic nitrogens is 2. The van der Waals surface area contributed by atoms with E-state index in [1.165, 1.54) is 12.8 Å². The minimum Gasteiger partial charge on any atom is -0.485 e. The molecule has 1 N–H and O–H groups in total. The van der Waals surface area contributed by atoms with Gasteiger partial charge in [-0.2, -0.15) is 4.98 Å². The summed E-state index contributed by atoms with van der Waals surface area (Å²) >= 11 is 0. The van der Waals surface area contributed by atoms with Crippen molar-refractivity contribution < 1.29 is 14.4 Å². The summed E-state index contributed by atoms with van der Waals surface area (Å²) < 4.78 is 10.7. The van der Waals surface area contributed by atoms with E-state index in [1.54, 1.807) is 0 Å². The predicted molar refractivity (Wildman–Crippen MR) is 76.7 cm³/mol. The summed E-state index contributed by atoms with van der Waals surface area (Å²) in [4.78, 5) is 4.27. The van der Waals surface area contributed by atoms with Gasteiger partial charge < -0.3 is 14.4 Å². The molecular formula is C16H20N2O3. The smallest absolute Gasteiger partial charge is 0.229 e. The summed E-state index contributed by atoms with van der Waals surface area (Å²) in [6.07, 6.45) is 4.67. The molecular weight excluding hydrogens is 268 g/mol. The highest BCUT2D eigenvalue weighted by molar-refractivity contribution is 5.20. The van der Waals surface area contributed by atoms with Crippen molar-refractivity contribution in [3.05, 3.63) is 42.0 Å². The Bertz CT molecular complexity index is 550. The number of ether oxygens (including phenoxy) is 1. The van der Waals surface area contributed by atoms with Crippen molar-refractivity contribution in [2.75, 3.05) is 0 Å². The van der Waals surface area contributed by atoms with E-state index in [2.05, 4.69) is 10.1 Å². The number of hydrogen-bond donors (Lipinski definition) is 1. The number of hydrogen-bond acceptors (Lipinski definition) is 5. The summed E-state index contributed by atoms with van der Waals surface area (Å²) in [5.41, 5.74) is 0. The molecule has 0 saturated heterocycles. The Labute approximate surface area is 123 Å². The van der Waals surface area contributed by atoms with Crippen molar-refractivity contribution in [3.8, 4) is 5.75 Å². The van der Waals surface area contributed by atoms with Crippen molar-refractivity contribution in [2.45, 2.75) is 44.8 Å². The molecule has 1 fully saturated rings. The van der Waals surface area contributed by atoms with Crippen LogP contribution in [0.15, 0.2) is 34.9 Å². The van der Waals surface area contributed by atoms with Gasteiger partial charge in [-0.15, -0.1) is 0 Å². The third-order valence-electron chi connectivity index (χ3n) is 3.95. The van der Waals surface area contributed by atoms with Crippen LogP contribution in [0.3, 0.4) is 0 Å². The molecule has 112 valence electrons. The molecule has 0 radical (unpaired) electrons. The minimum absolute atomic E-state index is 0.271. The van der Waals surface area contributed by atoms with Crippen LogP contribution in [-0.4, -0.2) is 21.4 Å². The lowest BCUT2D eigenvalue weighted by Gasteiger charge is -2.14. The Morgan fingerprint density at radius 2 is 2.00 bits per heavy atom. The van der Waals surface area contributed by atoms with Crippen LogP contribution >= 0.6 is 0 Å². The van der Waals surface area contributed by atoms with Crippen LogP contribution in [0.1, 0.15) is 37.4 Å². The third-order valence-corrected chi connectivity index (χ3v) is 3.95. The fraction of sp³-hybridized carbons (Fsp3) is 0.500. The Morgan fingerprint density at radius 1 is 1.24 bits per heavy atom. The molecule has 0 aliphatic heterocycles. The second-order valence-electron chi connectivity index (χ2n) is 5.52. The Balaban J connectivity index is 1.51. The molecule has 1 aliphatic rings. The first kappa shape index (κ1) is 14.1. The molecule has 5 nitrogen and oxygen atoms in total. The zero-order valence-electron chi connectivity index (χ0n) is 11.9. The van der Waals surface area contributed by atoms with Gasteiger partial charge in [-0.25, -0.2) is 0 Å². The number of rotatable bonds is 6. The summed E-state index contributed by atoms with van der Waals surface area (Å²) in [7, 11) is 0. The number of aliphatic hydroxyl groups is 1. The van der Waals surface area contributed by atoms with Gasteiger partial charge in [0.15, 0.2) is 6.61 Å². The molecule has 1 unspecified atom stereocenters. The molecule has 0 amide bonds. The first-order valence-electron chi connectivity index (χ1n) is 7.48. The average Bonchev–Trinajstić information content (AvgIpc) is 3.18. The lowest BCUT2D eigenvalue weighted by molar-refractivity contribution is 0.102. The van der Waals surface area contributed by atoms with Crippen LogP contribution in [-0.2, 0) is 13.0 Å². The maximum absolute atomic E-state index is 10.2. The summed E-state index contributed by atoms with van der Waals surface area (Å²) in [5, 5.41) is 14.0. The van der Waals surface area contributed by atoms with Gasteiger partial charge in [-0.1, -0.05) is 36.2 Å². The maximum atomic E-state index is 10.2. The standard InChI is InChI=1S/C16H20N2O3/c19-14(12-6-4-5-7-12)10-16-17-15(18-21-16)11-20-13-8-2-1-3-9-13/h1-3,8-9,12,14,19H,4-7,10-11H2. The summed E-state index contributed by atoms with van der Waals surface area (Å²) in [5.74, 6) is 2.14. The van der Waals surface area contributed by atoms with Gasteiger partial charge in [-0.3, -0.25) is 0 Å². The van der Waals surface area contributed by atoms with Crippen LogP contribution in [0.4, 0.5) is 0 Å². The lowest BCUT2D eigenvalue weighted by atomic mass is 9.98. The number of aliphatic hydroxyl groups excluding tert-OH is 1. The molecule has 1 saturated carbocycles. The molecule has 1 heterocycles. The molecule has 1 atom stereocenters. The van der Waals surface area contributed by atoms with E-state index in [0.29, 0.717) is 24.1 Å². The predicted octanol–water partition coefficient (Wildman–Crippen LogP) is 2.74. The number of para-hydroxylation sites is 1. The van der Waals surface area contributed by atoms with Crippen molar-refractivity contribution in [1.29, 1.82) is 0 Å². The van der Waals surface area contributed by atoms with E-state index in [9.17, 15) is 5.11 Å². The van der Waals surface area contributed by atoms with Gasteiger partial charge in [-0.05, 0) is 30.9 Å². The van der Waals surface area contributed by atoms with E-state index in [-0.39, 0.29) is 12.7 Å². The van der Waals surface area contributed by atoms with Crippen LogP contribution in [0, 0.1) is 5.92 Å². The SMILES string of the molecule is OC(Cc1nc(COc2ccccc2)no1)C1CCCC1. The van der Waals surface area contributed by atoms with E-state index in [1.807, 2.05) is 30.3 Å². The lowest BCUT2D eigenvalue weighted by Crippen LogP contribution is -2.20. The summed E-state index contributed by atoms with van der Waals surface area (Å²) in [6, 6.07) is 9.52. The first-order chi connectivity index (χ1) is 10.3. The molecule has 0 spiro atoms. The van der Waals surface area contributed by atoms with Crippen molar-refractivity contribution in [2.24, 2.45) is 5.92 Å². The van der Waals surface area contributed by atoms with Gasteiger partial charge in [0.1, 0.15) is 5.75 Å². The van der Waals surface area contributed by atoms with E-state index in [4.69, 9.17) is 9.26 Å². The zero-order valence-corrected chi connectivity index (χ0v) is 11.9. The van der Waals surface area contributed by atoms with Crippen molar-refractivity contribution >= 4 is 0 Å². The highest BCUT2D eigenvalue weighted by Gasteiger charge is 2.25. The Hall–Kier alpha value is -1.88. The topological polar surface area (TPSA) is 68.4 Å². The fourth-order valence-electron chi connectivity index (χ4n) is 2.78. The molecule has 21 heavy (non-hydrogen) atoms. The van der Waals surface area contributed by atoms with Crippen LogP contribution in [0.25, 0.3) is 0 Å². The van der Waals surface area contributed by atoms with Gasteiger partial charge in [0.2, 0.25) is 11.7 Å². The highest BCUT2D eigenvalue weighted by Crippen LogP contribution is 2.28. The molecule has 0 bridgehead atoms. The Morgan fingerprint density at radius 3 is 2.76 bits per heavy atom. The monoisotopic (exact) mass is 288 g/mol. The molecule has 2 aromatic rings. The highest BCUT2D eigenvalue weighted by atomic mass is 16.5. The molecule has 5 heteroatoms. The van der Waals surface area contributed by atoms with E-state index >= 15 is 0 Å². The van der Waals surface area contributed by atoms with Crippen molar-refractivity contribution in [3.63, 3.8) is 0 Å². The van der Waals surface area contributed by atoms with Gasteiger partial charge in [0.05, 0.1) is 12.5 Å². The van der Waals surface area contributed by atoms with Gasteiger partial charge in [0, 0.05) is 0 Å². The van der Waals surface area contributed by atoms with Gasteiger partial charge >= 0.3 is 0 Å². The zero-order chi connectivity index (χ0) is 14.5. The normalized spacial score (nSPS) is 17.0. The molecule has 1 aromatic carbocycles. The number of benzene rings is 1. The summed E-state index contributed by atoms with van der Waals surface area (Å²) in [6.45, 7) is 0.271. The van der Waals surface area contributed by atoms with Crippen LogP contribution < -0.4 is 4.74 Å². The van der Waals surface area contributed by atoms with Crippen molar-refractivity contribution in [1.82, 2.24) is 10.1 Å². The average molecular weight is 288 g/mol. The molecule has 1 aromatic heterocycles. The second-order valence-corrected chi connectivity index (χ2v) is 5.52. The fourth-order valence-corrected chi connectivity index (χ4v) is 2.78. The maximum Gasteiger partial charge on any atom is 0.229 e. The third kappa shape index (κ3) is 3.82. The minimum atomic E-state index is -0.379. The van der Waals surface area contributed by atoms with E-state index in [0.717, 1.165) is 18.6 Å². The second kappa shape index (κ2) is 6.72. The van der Waals surface area contributed by atoms with Crippen LogP contribution in [0.5, 0.6) is 5.75 Å². The largest absolute Gasteiger partial charge is 0.485 e. The van der Waals surface area contributed by atoms with Crippen LogP contribution in [0.2, 0.25) is 0 Å². The van der Waals surface area contributed by atoms with Gasteiger partial charge in [0.25, 0.3) is 0 Å². The number of nitrogens with zero attached hydrogens (tertiary/aromatic N) is 2.